The molecule has 0 amide bonds. The zero-order valence-electron chi connectivity index (χ0n) is 12.3. The van der Waals surface area contributed by atoms with E-state index in [9.17, 15) is 14.7 Å². The van der Waals surface area contributed by atoms with E-state index >= 15 is 0 Å². The molecule has 2 aromatic carbocycles. The second-order valence-corrected chi connectivity index (χ2v) is 4.97. The number of hydrogen-bond acceptors (Lipinski definition) is 4. The van der Waals surface area contributed by atoms with E-state index in [4.69, 9.17) is 4.74 Å². The number of ether oxygens (including phenoxy) is 1. The summed E-state index contributed by atoms with van der Waals surface area (Å²) in [6.07, 6.45) is 0. The maximum Gasteiger partial charge on any atom is 0.336 e. The zero-order chi connectivity index (χ0) is 16.4. The summed E-state index contributed by atoms with van der Waals surface area (Å²) in [5.41, 5.74) is 1.73. The Morgan fingerprint density at radius 1 is 1.04 bits per heavy atom. The molecule has 0 aliphatic carbocycles. The number of carboxylic acids is 1. The van der Waals surface area contributed by atoms with Crippen molar-refractivity contribution >= 4 is 22.8 Å². The topological polar surface area (TPSA) is 76.5 Å². The summed E-state index contributed by atoms with van der Waals surface area (Å²) in [6, 6.07) is 15.4. The molecule has 3 aromatic rings. The normalized spacial score (nSPS) is 10.5. The number of esters is 1. The number of carboxylic acid groups (broad SMARTS) is 1. The van der Waals surface area contributed by atoms with Gasteiger partial charge in [-0.1, -0.05) is 30.3 Å². The lowest BCUT2D eigenvalue weighted by molar-refractivity contribution is -0.131. The van der Waals surface area contributed by atoms with Gasteiger partial charge in [0.2, 0.25) is 0 Å². The smallest absolute Gasteiger partial charge is 0.336 e. The quantitative estimate of drug-likeness (QED) is 0.591. The van der Waals surface area contributed by atoms with Gasteiger partial charge in [0.05, 0.1) is 16.8 Å². The Morgan fingerprint density at radius 2 is 1.74 bits per heavy atom. The number of benzene rings is 2. The first-order valence-corrected chi connectivity index (χ1v) is 6.97. The Bertz CT molecular complexity index is 918. The Labute approximate surface area is 132 Å². The molecule has 0 spiro atoms. The highest BCUT2D eigenvalue weighted by Crippen LogP contribution is 2.31. The fourth-order valence-electron chi connectivity index (χ4n) is 2.41. The van der Waals surface area contributed by atoms with Gasteiger partial charge in [-0.2, -0.15) is 0 Å². The van der Waals surface area contributed by atoms with Crippen LogP contribution in [0, 0.1) is 0 Å². The van der Waals surface area contributed by atoms with Gasteiger partial charge in [0.25, 0.3) is 0 Å². The van der Waals surface area contributed by atoms with Crippen LogP contribution in [0.4, 0.5) is 0 Å². The van der Waals surface area contributed by atoms with Crippen LogP contribution in [0.2, 0.25) is 0 Å². The number of hydrogen-bond donors (Lipinski definition) is 1. The third-order valence-electron chi connectivity index (χ3n) is 3.36. The molecule has 3 rings (SSSR count). The predicted molar refractivity (Wildman–Crippen MR) is 85.4 cm³/mol. The number of nitrogens with zero attached hydrogens (tertiary/aromatic N) is 1. The molecule has 0 bridgehead atoms. The van der Waals surface area contributed by atoms with Crippen LogP contribution >= 0.6 is 0 Å². The van der Waals surface area contributed by atoms with Crippen molar-refractivity contribution in [3.63, 3.8) is 0 Å². The molecule has 0 aliphatic rings. The van der Waals surface area contributed by atoms with E-state index in [1.165, 1.54) is 13.0 Å². The first-order valence-electron chi connectivity index (χ1n) is 6.97. The molecule has 0 atom stereocenters. The van der Waals surface area contributed by atoms with Gasteiger partial charge in [-0.15, -0.1) is 0 Å². The number of aromatic nitrogens is 1. The van der Waals surface area contributed by atoms with E-state index in [-0.39, 0.29) is 5.56 Å². The van der Waals surface area contributed by atoms with Crippen LogP contribution in [-0.4, -0.2) is 22.0 Å². The summed E-state index contributed by atoms with van der Waals surface area (Å²) in [4.78, 5) is 27.3. The molecule has 5 nitrogen and oxygen atoms in total. The van der Waals surface area contributed by atoms with E-state index in [0.717, 1.165) is 0 Å². The van der Waals surface area contributed by atoms with Crippen molar-refractivity contribution in [1.82, 2.24) is 4.98 Å². The molecule has 1 heterocycles. The molecule has 0 saturated carbocycles. The van der Waals surface area contributed by atoms with E-state index in [1.54, 1.807) is 48.5 Å². The second-order valence-electron chi connectivity index (χ2n) is 4.97. The van der Waals surface area contributed by atoms with Crippen LogP contribution < -0.4 is 4.74 Å². The van der Waals surface area contributed by atoms with Gasteiger partial charge in [0, 0.05) is 17.9 Å². The molecule has 0 fully saturated rings. The number of carbonyl (C=O) groups is 2. The molecule has 0 unspecified atom stereocenters. The van der Waals surface area contributed by atoms with Crippen molar-refractivity contribution in [2.24, 2.45) is 0 Å². The van der Waals surface area contributed by atoms with E-state index in [2.05, 4.69) is 4.98 Å². The molecule has 5 heteroatoms. The Hall–Kier alpha value is -3.21. The Morgan fingerprint density at radius 3 is 2.48 bits per heavy atom. The molecule has 0 radical (unpaired) electrons. The van der Waals surface area contributed by atoms with E-state index < -0.39 is 11.9 Å². The van der Waals surface area contributed by atoms with Gasteiger partial charge in [-0.25, -0.2) is 9.78 Å². The fraction of sp³-hybridized carbons (Fsp3) is 0.0556. The molecule has 1 aromatic heterocycles. The highest BCUT2D eigenvalue weighted by molar-refractivity contribution is 6.03. The summed E-state index contributed by atoms with van der Waals surface area (Å²) >= 11 is 0. The average Bonchev–Trinajstić information content (AvgIpc) is 2.53. The number of carbonyl (C=O) groups excluding carboxylic acids is 1. The Balaban J connectivity index is 2.25. The molecule has 23 heavy (non-hydrogen) atoms. The van der Waals surface area contributed by atoms with Crippen molar-refractivity contribution in [3.8, 4) is 17.0 Å². The summed E-state index contributed by atoms with van der Waals surface area (Å²) < 4.78 is 5.19. The van der Waals surface area contributed by atoms with Gasteiger partial charge in [-0.05, 0) is 24.3 Å². The largest absolute Gasteiger partial charge is 0.478 e. The summed E-state index contributed by atoms with van der Waals surface area (Å²) in [6.45, 7) is 1.31. The lowest BCUT2D eigenvalue weighted by Gasteiger charge is -2.10. The molecule has 114 valence electrons. The molecular formula is C18H13NO4. The van der Waals surface area contributed by atoms with Crippen molar-refractivity contribution in [2.75, 3.05) is 0 Å². The third-order valence-corrected chi connectivity index (χ3v) is 3.36. The minimum atomic E-state index is -1.03. The summed E-state index contributed by atoms with van der Waals surface area (Å²) in [5, 5.41) is 10.0. The lowest BCUT2D eigenvalue weighted by atomic mass is 10.0. The molecular weight excluding hydrogens is 294 g/mol. The summed E-state index contributed by atoms with van der Waals surface area (Å²) in [5.74, 6) is -1.13. The van der Waals surface area contributed by atoms with Crippen LogP contribution in [0.3, 0.4) is 0 Å². The number of fused-ring (bicyclic) bond motifs is 1. The maximum absolute atomic E-state index is 11.5. The highest BCUT2D eigenvalue weighted by atomic mass is 16.5. The second kappa shape index (κ2) is 5.88. The van der Waals surface area contributed by atoms with Crippen molar-refractivity contribution in [1.29, 1.82) is 0 Å². The van der Waals surface area contributed by atoms with Crippen LogP contribution in [0.1, 0.15) is 17.3 Å². The first kappa shape index (κ1) is 14.7. The van der Waals surface area contributed by atoms with Crippen LogP contribution in [0.25, 0.3) is 22.2 Å². The predicted octanol–water partition coefficient (Wildman–Crippen LogP) is 3.53. The zero-order valence-corrected chi connectivity index (χ0v) is 12.3. The minimum Gasteiger partial charge on any atom is -0.478 e. The van der Waals surface area contributed by atoms with Gasteiger partial charge in [0.1, 0.15) is 5.75 Å². The average molecular weight is 307 g/mol. The van der Waals surface area contributed by atoms with Crippen molar-refractivity contribution in [2.45, 2.75) is 6.92 Å². The van der Waals surface area contributed by atoms with Gasteiger partial charge < -0.3 is 9.84 Å². The van der Waals surface area contributed by atoms with Crippen LogP contribution in [-0.2, 0) is 4.79 Å². The lowest BCUT2D eigenvalue weighted by Crippen LogP contribution is -2.04. The number of para-hydroxylation sites is 2. The van der Waals surface area contributed by atoms with Crippen molar-refractivity contribution in [3.05, 3.63) is 60.2 Å². The molecule has 1 N–H and O–H groups in total. The monoisotopic (exact) mass is 307 g/mol. The minimum absolute atomic E-state index is 0.156. The number of rotatable bonds is 3. The van der Waals surface area contributed by atoms with Gasteiger partial charge in [0.15, 0.2) is 0 Å². The van der Waals surface area contributed by atoms with E-state index in [0.29, 0.717) is 27.9 Å². The Kier molecular flexibility index (Phi) is 3.76. The highest BCUT2D eigenvalue weighted by Gasteiger charge is 2.15. The summed E-state index contributed by atoms with van der Waals surface area (Å²) in [7, 11) is 0. The molecule has 0 aliphatic heterocycles. The van der Waals surface area contributed by atoms with Crippen LogP contribution in [0.5, 0.6) is 5.75 Å². The number of aromatic carboxylic acids is 1. The standard InChI is InChI=1S/C18H13NO4/c1-11(20)23-17-9-5-3-7-13(17)16-10-14(18(21)22)12-6-2-4-8-15(12)19-16/h2-10H,1H3,(H,21,22). The van der Waals surface area contributed by atoms with Gasteiger partial charge >= 0.3 is 11.9 Å². The SMILES string of the molecule is CC(=O)Oc1ccccc1-c1cc(C(=O)O)c2ccccc2n1. The number of pyridine rings is 1. The maximum atomic E-state index is 11.5. The third kappa shape index (κ3) is 2.89. The van der Waals surface area contributed by atoms with Gasteiger partial charge in [-0.3, -0.25) is 4.79 Å². The van der Waals surface area contributed by atoms with Crippen molar-refractivity contribution < 1.29 is 19.4 Å². The van der Waals surface area contributed by atoms with Crippen LogP contribution in [0.15, 0.2) is 54.6 Å². The van der Waals surface area contributed by atoms with E-state index in [1.807, 2.05) is 0 Å². The fourth-order valence-corrected chi connectivity index (χ4v) is 2.41. The molecule has 0 saturated heterocycles. The first-order chi connectivity index (χ1) is 11.1.